The Labute approximate surface area is 158 Å². The zero-order chi connectivity index (χ0) is 19.0. The molecule has 27 heavy (non-hydrogen) atoms. The summed E-state index contributed by atoms with van der Waals surface area (Å²) < 4.78 is 18.9. The number of methoxy groups -OCH3 is 1. The molecule has 3 aromatic heterocycles. The topological polar surface area (TPSA) is 96.0 Å². The summed E-state index contributed by atoms with van der Waals surface area (Å²) in [6, 6.07) is 1.63. The van der Waals surface area contributed by atoms with Crippen molar-refractivity contribution in [2.45, 2.75) is 12.5 Å². The van der Waals surface area contributed by atoms with Crippen LogP contribution in [0.1, 0.15) is 6.42 Å². The maximum atomic E-state index is 14.2. The second-order valence-corrected chi connectivity index (χ2v) is 6.62. The molecule has 0 spiro atoms. The lowest BCUT2D eigenvalue weighted by atomic mass is 10.2. The third-order valence-electron chi connectivity index (χ3n) is 4.44. The molecule has 0 aliphatic carbocycles. The molecule has 3 aromatic rings. The molecular formula is C17H16ClFN6O2. The van der Waals surface area contributed by atoms with Gasteiger partial charge in [0.2, 0.25) is 0 Å². The first-order chi connectivity index (χ1) is 13.0. The summed E-state index contributed by atoms with van der Waals surface area (Å²) in [4.78, 5) is 28.8. The lowest BCUT2D eigenvalue weighted by Crippen LogP contribution is -2.31. The quantitative estimate of drug-likeness (QED) is 0.713. The van der Waals surface area contributed by atoms with E-state index in [2.05, 4.69) is 25.3 Å². The Hall–Kier alpha value is -2.94. The molecule has 0 bridgehead atoms. The van der Waals surface area contributed by atoms with Crippen LogP contribution in [0.5, 0.6) is 0 Å². The molecule has 1 atom stereocenters. The van der Waals surface area contributed by atoms with Gasteiger partial charge in [0.1, 0.15) is 5.65 Å². The van der Waals surface area contributed by atoms with Gasteiger partial charge in [0.25, 0.3) is 0 Å². The first-order valence-electron chi connectivity index (χ1n) is 8.30. The lowest BCUT2D eigenvalue weighted by molar-refractivity contribution is 0.133. The van der Waals surface area contributed by atoms with Gasteiger partial charge >= 0.3 is 6.09 Å². The largest absolute Gasteiger partial charge is 0.453 e. The Bertz CT molecular complexity index is 1010. The normalized spacial score (nSPS) is 16.7. The Balaban J connectivity index is 1.60. The van der Waals surface area contributed by atoms with Gasteiger partial charge in [0.15, 0.2) is 17.5 Å². The number of likely N-dealkylation sites (tertiary alicyclic amines) is 1. The molecule has 0 radical (unpaired) electrons. The van der Waals surface area contributed by atoms with Gasteiger partial charge in [-0.2, -0.15) is 0 Å². The number of nitrogens with one attached hydrogen (secondary N) is 2. The number of anilines is 1. The summed E-state index contributed by atoms with van der Waals surface area (Å²) in [5.41, 5.74) is 1.31. The minimum Gasteiger partial charge on any atom is -0.453 e. The van der Waals surface area contributed by atoms with Gasteiger partial charge in [0.05, 0.1) is 18.3 Å². The number of pyridine rings is 1. The van der Waals surface area contributed by atoms with Crippen molar-refractivity contribution in [2.24, 2.45) is 0 Å². The van der Waals surface area contributed by atoms with E-state index in [-0.39, 0.29) is 11.9 Å². The second kappa shape index (κ2) is 6.99. The summed E-state index contributed by atoms with van der Waals surface area (Å²) in [7, 11) is 1.34. The number of hydrogen-bond donors (Lipinski definition) is 2. The molecule has 4 heterocycles. The Morgan fingerprint density at radius 3 is 3.11 bits per heavy atom. The van der Waals surface area contributed by atoms with E-state index in [1.54, 1.807) is 17.2 Å². The second-order valence-electron chi connectivity index (χ2n) is 6.19. The third-order valence-corrected chi connectivity index (χ3v) is 4.65. The van der Waals surface area contributed by atoms with E-state index in [1.165, 1.54) is 13.3 Å². The summed E-state index contributed by atoms with van der Waals surface area (Å²) >= 11 is 6.02. The number of ether oxygens (including phenoxy) is 1. The van der Waals surface area contributed by atoms with Crippen molar-refractivity contribution in [1.29, 1.82) is 0 Å². The summed E-state index contributed by atoms with van der Waals surface area (Å²) in [6.45, 7) is 0.953. The lowest BCUT2D eigenvalue weighted by Gasteiger charge is -2.16. The van der Waals surface area contributed by atoms with Crippen molar-refractivity contribution in [3.63, 3.8) is 0 Å². The van der Waals surface area contributed by atoms with Gasteiger partial charge in [-0.05, 0) is 12.5 Å². The van der Waals surface area contributed by atoms with Crippen LogP contribution >= 0.6 is 11.6 Å². The van der Waals surface area contributed by atoms with Gasteiger partial charge in [-0.3, -0.25) is 0 Å². The first-order valence-corrected chi connectivity index (χ1v) is 8.68. The van der Waals surface area contributed by atoms with Gasteiger partial charge in [-0.1, -0.05) is 11.6 Å². The number of amides is 1. The SMILES string of the molecule is COC(=O)N1CC[C@H](Nc2nc(-c3c[nH]c4ncc(Cl)cc34)ncc2F)C1. The smallest absolute Gasteiger partial charge is 0.409 e. The van der Waals surface area contributed by atoms with Crippen molar-refractivity contribution in [2.75, 3.05) is 25.5 Å². The average molecular weight is 391 g/mol. The summed E-state index contributed by atoms with van der Waals surface area (Å²) in [6.07, 6.45) is 4.64. The highest BCUT2D eigenvalue weighted by Crippen LogP contribution is 2.28. The van der Waals surface area contributed by atoms with Crippen LogP contribution in [0, 0.1) is 5.82 Å². The number of aromatic amines is 1. The van der Waals surface area contributed by atoms with Crippen LogP contribution < -0.4 is 5.32 Å². The fraction of sp³-hybridized carbons (Fsp3) is 0.294. The molecule has 140 valence electrons. The van der Waals surface area contributed by atoms with Crippen molar-refractivity contribution in [3.05, 3.63) is 35.5 Å². The number of hydrogen-bond acceptors (Lipinski definition) is 6. The van der Waals surface area contributed by atoms with E-state index >= 15 is 0 Å². The fourth-order valence-corrected chi connectivity index (χ4v) is 3.29. The number of carbonyl (C=O) groups excluding carboxylic acids is 1. The number of nitrogens with zero attached hydrogens (tertiary/aromatic N) is 4. The maximum absolute atomic E-state index is 14.2. The molecule has 1 aliphatic heterocycles. The summed E-state index contributed by atoms with van der Waals surface area (Å²) in [5, 5.41) is 4.28. The van der Waals surface area contributed by atoms with Gasteiger partial charge in [-0.25, -0.2) is 24.1 Å². The number of H-pyrrole nitrogens is 1. The molecule has 1 saturated heterocycles. The van der Waals surface area contributed by atoms with Crippen molar-refractivity contribution in [1.82, 2.24) is 24.8 Å². The number of rotatable bonds is 3. The zero-order valence-electron chi connectivity index (χ0n) is 14.4. The minimum atomic E-state index is -0.564. The van der Waals surface area contributed by atoms with Crippen LogP contribution in [-0.4, -0.2) is 57.2 Å². The predicted molar refractivity (Wildman–Crippen MR) is 98.1 cm³/mol. The van der Waals surface area contributed by atoms with Crippen molar-refractivity contribution < 1.29 is 13.9 Å². The Morgan fingerprint density at radius 1 is 1.44 bits per heavy atom. The number of aromatic nitrogens is 4. The van der Waals surface area contributed by atoms with Crippen LogP contribution in [0.2, 0.25) is 5.02 Å². The highest BCUT2D eigenvalue weighted by molar-refractivity contribution is 6.31. The van der Waals surface area contributed by atoms with Crippen molar-refractivity contribution >= 4 is 34.5 Å². The van der Waals surface area contributed by atoms with Gasteiger partial charge < -0.3 is 19.9 Å². The molecule has 1 aliphatic rings. The van der Waals surface area contributed by atoms with Crippen LogP contribution in [0.4, 0.5) is 15.0 Å². The fourth-order valence-electron chi connectivity index (χ4n) is 3.13. The highest BCUT2D eigenvalue weighted by atomic mass is 35.5. The number of fused-ring (bicyclic) bond motifs is 1. The molecule has 0 aromatic carbocycles. The molecule has 8 nitrogen and oxygen atoms in total. The highest BCUT2D eigenvalue weighted by Gasteiger charge is 2.27. The van der Waals surface area contributed by atoms with Gasteiger partial charge in [-0.15, -0.1) is 0 Å². The molecule has 1 fully saturated rings. The molecule has 0 unspecified atom stereocenters. The zero-order valence-corrected chi connectivity index (χ0v) is 15.1. The minimum absolute atomic E-state index is 0.0843. The molecule has 0 saturated carbocycles. The standard InChI is InChI=1S/C17H16ClFN6O2/c1-27-17(26)25-3-2-10(8-25)23-16-13(19)7-22-15(24-16)12-6-21-14-11(12)4-9(18)5-20-14/h4-7,10H,2-3,8H2,1H3,(H,20,21)(H,22,23,24)/t10-/m0/s1. The van der Waals surface area contributed by atoms with E-state index in [4.69, 9.17) is 16.3 Å². The first kappa shape index (κ1) is 17.5. The van der Waals surface area contributed by atoms with E-state index in [9.17, 15) is 9.18 Å². The predicted octanol–water partition coefficient (Wildman–Crippen LogP) is 3.07. The molecule has 4 rings (SSSR count). The number of halogens is 2. The summed E-state index contributed by atoms with van der Waals surface area (Å²) in [5.74, 6) is -0.135. The average Bonchev–Trinajstić information content (AvgIpc) is 3.30. The Morgan fingerprint density at radius 2 is 2.30 bits per heavy atom. The molecule has 10 heteroatoms. The third kappa shape index (κ3) is 3.37. The maximum Gasteiger partial charge on any atom is 0.409 e. The van der Waals surface area contributed by atoms with Crippen molar-refractivity contribution in [3.8, 4) is 11.4 Å². The Kier molecular flexibility index (Phi) is 4.53. The number of carbonyl (C=O) groups is 1. The van der Waals surface area contributed by atoms with E-state index in [0.29, 0.717) is 41.6 Å². The van der Waals surface area contributed by atoms with E-state index < -0.39 is 11.9 Å². The van der Waals surface area contributed by atoms with Crippen LogP contribution in [0.15, 0.2) is 24.7 Å². The molecule has 1 amide bonds. The monoisotopic (exact) mass is 390 g/mol. The van der Waals surface area contributed by atoms with Crippen LogP contribution in [0.25, 0.3) is 22.4 Å². The molecular weight excluding hydrogens is 375 g/mol. The molecule has 2 N–H and O–H groups in total. The van der Waals surface area contributed by atoms with Crippen LogP contribution in [0.3, 0.4) is 0 Å². The van der Waals surface area contributed by atoms with Crippen LogP contribution in [-0.2, 0) is 4.74 Å². The van der Waals surface area contributed by atoms with Gasteiger partial charge in [0, 0.05) is 42.5 Å². The van der Waals surface area contributed by atoms with E-state index in [1.807, 2.05) is 0 Å². The van der Waals surface area contributed by atoms with E-state index in [0.717, 1.165) is 11.6 Å².